The third kappa shape index (κ3) is 23.1. The van der Waals surface area contributed by atoms with Crippen LogP contribution in [0.4, 0.5) is 9.59 Å². The van der Waals surface area contributed by atoms with E-state index in [1.807, 2.05) is 60.9 Å². The molecule has 2 aromatic heterocycles. The Morgan fingerprint density at radius 3 is 1.27 bits per heavy atom. The van der Waals surface area contributed by atoms with Crippen LogP contribution in [0.3, 0.4) is 0 Å². The predicted octanol–water partition coefficient (Wildman–Crippen LogP) is 11.9. The predicted molar refractivity (Wildman–Crippen MR) is 389 cm³/mol. The zero-order chi connectivity index (χ0) is 71.8. The molecule has 6 aromatic rings. The van der Waals surface area contributed by atoms with Crippen LogP contribution in [-0.2, 0) is 77.7 Å². The highest BCUT2D eigenvalue weighted by Gasteiger charge is 2.49. The Kier molecular flexibility index (Phi) is 29.2. The molecule has 4 aromatic carbocycles. The number of carbonyl (C=O) groups is 3. The molecule has 552 valence electrons. The third-order valence-electron chi connectivity index (χ3n) is 18.1. The van der Waals surface area contributed by atoms with Gasteiger partial charge in [0, 0.05) is 137 Å². The molecule has 0 spiro atoms. The summed E-state index contributed by atoms with van der Waals surface area (Å²) in [6.45, 7) is 4.84. The number of unbranched alkanes of at least 4 members (excludes halogenated alkanes) is 2. The number of sulfonamides is 2. The van der Waals surface area contributed by atoms with E-state index in [0.717, 1.165) is 96.2 Å². The molecular formula is C75H96Cl2N8O15S2. The smallest absolute Gasteiger partial charge is 0.314 e. The number of pyridine rings is 2. The van der Waals surface area contributed by atoms with Gasteiger partial charge in [0.2, 0.25) is 20.0 Å². The quantitative estimate of drug-likeness (QED) is 0.0258. The summed E-state index contributed by atoms with van der Waals surface area (Å²) in [6.07, 6.45) is 19.2. The highest BCUT2D eigenvalue weighted by Crippen LogP contribution is 2.55. The largest absolute Gasteiger partial charge is 0.490 e. The molecule has 0 saturated heterocycles. The van der Waals surface area contributed by atoms with Crippen LogP contribution in [0.25, 0.3) is 22.3 Å². The summed E-state index contributed by atoms with van der Waals surface area (Å²) in [4.78, 5) is 46.2. The molecule has 0 radical (unpaired) electrons. The van der Waals surface area contributed by atoms with Gasteiger partial charge in [-0.05, 0) is 173 Å². The fraction of sp³-hybridized carbons (Fsp3) is 0.507. The van der Waals surface area contributed by atoms with Crippen LogP contribution in [-0.4, -0.2) is 172 Å². The number of nitrogens with zero attached hydrogens (tertiary/aromatic N) is 4. The second-order valence-electron chi connectivity index (χ2n) is 26.2. The lowest BCUT2D eigenvalue weighted by Gasteiger charge is -2.22. The van der Waals surface area contributed by atoms with E-state index in [4.69, 9.17) is 61.1 Å². The SMILES string of the molecule is CN(CCCCNC(=O)NCCOCCOCCCC(=O)CCCOCCOCCNC(=O)NCCCCN(C)S(=O)(=O)c1ccc(Cl)c(COC2(c3cnccc3-c3ccccc3OC3CC3)CC2)c1)S(=O)(=O)c1ccc(Cl)c(COC2(c3cnccc3-c3ccccc3OC3CC3)CC2)c1. The summed E-state index contributed by atoms with van der Waals surface area (Å²) < 4.78 is 105. The van der Waals surface area contributed by atoms with Crippen molar-refractivity contribution in [3.8, 4) is 33.8 Å². The normalized spacial score (nSPS) is 15.3. The first-order chi connectivity index (χ1) is 49.4. The van der Waals surface area contributed by atoms with Gasteiger partial charge in [-0.15, -0.1) is 0 Å². The number of hydrogen-bond donors (Lipinski definition) is 4. The van der Waals surface area contributed by atoms with E-state index in [-0.39, 0.29) is 66.1 Å². The van der Waals surface area contributed by atoms with E-state index >= 15 is 0 Å². The molecule has 27 heteroatoms. The number of urea groups is 2. The highest BCUT2D eigenvalue weighted by atomic mass is 35.5. The molecule has 4 aliphatic rings. The highest BCUT2D eigenvalue weighted by molar-refractivity contribution is 7.89. The van der Waals surface area contributed by atoms with Crippen molar-refractivity contribution in [1.82, 2.24) is 39.8 Å². The molecular weight excluding hydrogens is 1390 g/mol. The van der Waals surface area contributed by atoms with E-state index in [0.29, 0.717) is 152 Å². The zero-order valence-corrected chi connectivity index (χ0v) is 61.5. The van der Waals surface area contributed by atoms with Crippen LogP contribution in [0.15, 0.2) is 132 Å². The van der Waals surface area contributed by atoms with Gasteiger partial charge in [-0.25, -0.2) is 35.0 Å². The number of nitrogens with one attached hydrogen (secondary N) is 4. The second kappa shape index (κ2) is 38.2. The number of rotatable bonds is 48. The van der Waals surface area contributed by atoms with E-state index < -0.39 is 31.2 Å². The van der Waals surface area contributed by atoms with Crippen LogP contribution in [0.2, 0.25) is 10.0 Å². The molecule has 4 amide bonds. The van der Waals surface area contributed by atoms with Gasteiger partial charge in [-0.1, -0.05) is 59.6 Å². The number of hydrogen-bond acceptors (Lipinski definition) is 17. The average Bonchev–Trinajstić information content (AvgIpc) is 1.59. The number of carbonyl (C=O) groups excluding carboxylic acids is 3. The fourth-order valence-corrected chi connectivity index (χ4v) is 14.5. The van der Waals surface area contributed by atoms with E-state index in [9.17, 15) is 31.2 Å². The van der Waals surface area contributed by atoms with Crippen molar-refractivity contribution in [2.45, 2.75) is 149 Å². The van der Waals surface area contributed by atoms with Crippen LogP contribution in [0.1, 0.15) is 125 Å². The number of Topliss-reactive ketones (excluding diaryl/α,β-unsaturated/α-hetero) is 1. The molecule has 0 aliphatic heterocycles. The van der Waals surface area contributed by atoms with Gasteiger partial charge in [-0.2, -0.15) is 0 Å². The summed E-state index contributed by atoms with van der Waals surface area (Å²) in [5, 5.41) is 11.9. The van der Waals surface area contributed by atoms with Crippen LogP contribution < -0.4 is 30.7 Å². The van der Waals surface area contributed by atoms with Gasteiger partial charge in [0.25, 0.3) is 0 Å². The number of halogens is 2. The minimum absolute atomic E-state index is 0.114. The second-order valence-corrected chi connectivity index (χ2v) is 31.1. The first-order valence-electron chi connectivity index (χ1n) is 35.5. The lowest BCUT2D eigenvalue weighted by Crippen LogP contribution is -2.38. The Hall–Kier alpha value is -6.85. The Morgan fingerprint density at radius 2 is 0.873 bits per heavy atom. The van der Waals surface area contributed by atoms with E-state index in [2.05, 4.69) is 43.4 Å². The lowest BCUT2D eigenvalue weighted by molar-refractivity contribution is -0.119. The first kappa shape index (κ1) is 77.8. The minimum atomic E-state index is -3.85. The van der Waals surface area contributed by atoms with Crippen molar-refractivity contribution in [1.29, 1.82) is 0 Å². The van der Waals surface area contributed by atoms with Crippen LogP contribution >= 0.6 is 23.2 Å². The van der Waals surface area contributed by atoms with Crippen molar-refractivity contribution in [3.63, 3.8) is 0 Å². The molecule has 102 heavy (non-hydrogen) atoms. The molecule has 10 rings (SSSR count). The average molecular weight is 1480 g/mol. The molecule has 2 heterocycles. The molecule has 4 fully saturated rings. The standard InChI is InChI=1S/C75H96Cl2N8O15S2/c1-84(101(89,90)60-23-25-68(76)55(49-60)53-97-74(29-30-74)66-51-78-35-27-62(66)64-15-3-5-17-70(64)99-58-19-20-58)39-9-7-33-80-72(87)82-37-43-95-47-45-93-41-11-13-57(86)14-12-42-94-46-48-96-44-38-83-73(88)81-34-8-10-40-85(2)102(91,92)61-24-26-69(77)56(50-61)54-98-75(31-32-75)67-52-79-36-28-63(67)65-16-4-6-18-71(65)100-59-21-22-59/h3-6,15-18,23-28,35-36,49-52,58-59H,7-14,19-22,29-34,37-48,53-54H2,1-2H3,(H2,80,82,87)(H2,81,83,88). The maximum atomic E-state index is 13.7. The van der Waals surface area contributed by atoms with E-state index in [1.54, 1.807) is 36.7 Å². The van der Waals surface area contributed by atoms with Crippen molar-refractivity contribution in [2.24, 2.45) is 0 Å². The maximum Gasteiger partial charge on any atom is 0.314 e. The molecule has 4 N–H and O–H groups in total. The monoisotopic (exact) mass is 1480 g/mol. The van der Waals surface area contributed by atoms with Crippen molar-refractivity contribution >= 4 is 61.1 Å². The first-order valence-corrected chi connectivity index (χ1v) is 39.1. The van der Waals surface area contributed by atoms with Crippen molar-refractivity contribution in [2.75, 3.05) is 106 Å². The van der Waals surface area contributed by atoms with Gasteiger partial charge in [-0.3, -0.25) is 14.8 Å². The van der Waals surface area contributed by atoms with Gasteiger partial charge < -0.3 is 59.2 Å². The lowest BCUT2D eigenvalue weighted by atomic mass is 9.96. The molecule has 0 atom stereocenters. The minimum Gasteiger partial charge on any atom is -0.490 e. The molecule has 0 unspecified atom stereocenters. The zero-order valence-electron chi connectivity index (χ0n) is 58.3. The number of amides is 4. The number of aromatic nitrogens is 2. The Balaban J connectivity index is 0.484. The van der Waals surface area contributed by atoms with Gasteiger partial charge in [0.15, 0.2) is 0 Å². The van der Waals surface area contributed by atoms with Gasteiger partial charge in [0.1, 0.15) is 17.3 Å². The number of benzene rings is 4. The summed E-state index contributed by atoms with van der Waals surface area (Å²) in [5.41, 5.74) is 5.85. The third-order valence-corrected chi connectivity index (χ3v) is 22.6. The Bertz CT molecular complexity index is 3720. The van der Waals surface area contributed by atoms with E-state index in [1.165, 1.54) is 34.8 Å². The number of ether oxygens (including phenoxy) is 8. The number of para-hydroxylation sites is 2. The summed E-state index contributed by atoms with van der Waals surface area (Å²) in [6, 6.07) is 28.7. The van der Waals surface area contributed by atoms with Crippen molar-refractivity contribution < 1.29 is 69.1 Å². The van der Waals surface area contributed by atoms with Gasteiger partial charge in [0.05, 0.1) is 86.1 Å². The molecule has 4 aliphatic carbocycles. The molecule has 0 bridgehead atoms. The summed E-state index contributed by atoms with van der Waals surface area (Å²) >= 11 is 13.3. The Morgan fingerprint density at radius 1 is 0.480 bits per heavy atom. The topological polar surface area (TPSA) is 274 Å². The molecule has 23 nitrogen and oxygen atoms in total. The van der Waals surface area contributed by atoms with Crippen LogP contribution in [0.5, 0.6) is 11.5 Å². The summed E-state index contributed by atoms with van der Waals surface area (Å²) in [7, 11) is -4.62. The Labute approximate surface area is 609 Å². The molecule has 4 saturated carbocycles. The summed E-state index contributed by atoms with van der Waals surface area (Å²) in [5.74, 6) is 1.80. The number of ketones is 1. The van der Waals surface area contributed by atoms with Crippen LogP contribution in [0, 0.1) is 0 Å². The fourth-order valence-electron chi connectivity index (χ4n) is 11.6. The van der Waals surface area contributed by atoms with Crippen molar-refractivity contribution in [3.05, 3.63) is 154 Å². The maximum absolute atomic E-state index is 13.7. The van der Waals surface area contributed by atoms with Gasteiger partial charge >= 0.3 is 12.1 Å².